The first-order chi connectivity index (χ1) is 17.1. The Labute approximate surface area is 210 Å². The van der Waals surface area contributed by atoms with E-state index in [-0.39, 0.29) is 36.8 Å². The van der Waals surface area contributed by atoms with Crippen LogP contribution >= 0.6 is 0 Å². The van der Waals surface area contributed by atoms with Crippen molar-refractivity contribution in [2.75, 3.05) is 6.54 Å². The Morgan fingerprint density at radius 2 is 1.33 bits per heavy atom. The van der Waals surface area contributed by atoms with Gasteiger partial charge in [0.2, 0.25) is 11.8 Å². The van der Waals surface area contributed by atoms with Gasteiger partial charge in [0.15, 0.2) is 0 Å². The van der Waals surface area contributed by atoms with E-state index in [1.54, 1.807) is 48.5 Å². The fraction of sp³-hybridized carbons (Fsp3) is 0.385. The molecule has 3 atom stereocenters. The molecule has 0 saturated heterocycles. The molecule has 6 N–H and O–H groups in total. The van der Waals surface area contributed by atoms with Gasteiger partial charge >= 0.3 is 12.0 Å². The number of hydroxylamine groups is 2. The molecule has 0 fully saturated rings. The van der Waals surface area contributed by atoms with Gasteiger partial charge in [0, 0.05) is 6.42 Å². The Bertz CT molecular complexity index is 1020. The molecule has 194 valence electrons. The van der Waals surface area contributed by atoms with Crippen LogP contribution in [0, 0.1) is 11.8 Å². The molecule has 2 aromatic rings. The molecular weight excluding hydrogens is 464 g/mol. The predicted octanol–water partition coefficient (Wildman–Crippen LogP) is 1.96. The van der Waals surface area contributed by atoms with E-state index in [1.165, 1.54) is 0 Å². The highest BCUT2D eigenvalue weighted by Crippen LogP contribution is 2.13. The Morgan fingerprint density at radius 1 is 0.833 bits per heavy atom. The lowest BCUT2D eigenvalue weighted by Crippen LogP contribution is -2.54. The minimum absolute atomic E-state index is 0.00554. The summed E-state index contributed by atoms with van der Waals surface area (Å²) in [7, 11) is 0. The van der Waals surface area contributed by atoms with Crippen molar-refractivity contribution in [3.8, 4) is 0 Å². The van der Waals surface area contributed by atoms with Crippen LogP contribution in [0.1, 0.15) is 31.4 Å². The van der Waals surface area contributed by atoms with Gasteiger partial charge < -0.3 is 21.5 Å². The maximum absolute atomic E-state index is 13.2. The van der Waals surface area contributed by atoms with Gasteiger partial charge in [0.25, 0.3) is 0 Å². The molecule has 36 heavy (non-hydrogen) atoms. The number of amides is 4. The molecule has 0 aliphatic heterocycles. The van der Waals surface area contributed by atoms with Gasteiger partial charge in [-0.1, -0.05) is 74.5 Å². The number of carboxylic acids is 1. The number of urea groups is 1. The molecule has 0 saturated carbocycles. The summed E-state index contributed by atoms with van der Waals surface area (Å²) in [4.78, 5) is 49.5. The van der Waals surface area contributed by atoms with Crippen LogP contribution in [-0.2, 0) is 27.2 Å². The lowest BCUT2D eigenvalue weighted by atomic mass is 9.96. The summed E-state index contributed by atoms with van der Waals surface area (Å²) in [6, 6.07) is 14.6. The van der Waals surface area contributed by atoms with E-state index in [0.29, 0.717) is 0 Å². The monoisotopic (exact) mass is 498 g/mol. The highest BCUT2D eigenvalue weighted by Gasteiger charge is 2.30. The summed E-state index contributed by atoms with van der Waals surface area (Å²) < 4.78 is 0. The molecule has 0 heterocycles. The van der Waals surface area contributed by atoms with E-state index in [2.05, 4.69) is 10.6 Å². The molecule has 4 amide bonds. The topological polar surface area (TPSA) is 162 Å². The minimum Gasteiger partial charge on any atom is -0.480 e. The van der Waals surface area contributed by atoms with E-state index >= 15 is 0 Å². The zero-order valence-electron chi connectivity index (χ0n) is 20.5. The second-order valence-corrected chi connectivity index (χ2v) is 9.09. The number of carbonyl (C=O) groups is 4. The van der Waals surface area contributed by atoms with Crippen LogP contribution in [0.4, 0.5) is 4.79 Å². The van der Waals surface area contributed by atoms with Crippen LogP contribution in [0.2, 0.25) is 0 Å². The average Bonchev–Trinajstić information content (AvgIpc) is 2.83. The van der Waals surface area contributed by atoms with Crippen LogP contribution < -0.4 is 16.4 Å². The number of hydrogen-bond acceptors (Lipinski definition) is 5. The molecule has 0 radical (unpaired) electrons. The lowest BCUT2D eigenvalue weighted by Gasteiger charge is -2.26. The SMILES string of the molecule is CC(C)C[C@H](NC(=O)[C@@H](Cc1ccccc1)CN(O)C(N)=O)C(=O)N[C@@H](Cc1ccccc1)C(=O)O. The maximum atomic E-state index is 13.2. The Kier molecular flexibility index (Phi) is 10.9. The van der Waals surface area contributed by atoms with Gasteiger partial charge in [0.1, 0.15) is 12.1 Å². The van der Waals surface area contributed by atoms with Gasteiger partial charge in [-0.3, -0.25) is 14.8 Å². The first-order valence-corrected chi connectivity index (χ1v) is 11.7. The standard InChI is InChI=1S/C26H34N4O6/c1-17(2)13-21(24(32)29-22(25(33)34)15-19-11-7-4-8-12-19)28-23(31)20(16-30(36)26(27)35)14-18-9-5-3-6-10-18/h3-12,17,20-22,36H,13-16H2,1-2H3,(H2,27,35)(H,28,31)(H,29,32)(H,33,34)/t20-,21-,22-/m0/s1. The highest BCUT2D eigenvalue weighted by atomic mass is 16.5. The molecular formula is C26H34N4O6. The zero-order chi connectivity index (χ0) is 26.7. The van der Waals surface area contributed by atoms with E-state index in [4.69, 9.17) is 5.73 Å². The normalized spacial score (nSPS) is 13.3. The molecule has 10 heteroatoms. The van der Waals surface area contributed by atoms with Crippen molar-refractivity contribution in [2.45, 2.75) is 45.2 Å². The first kappa shape index (κ1) is 28.3. The van der Waals surface area contributed by atoms with E-state index in [9.17, 15) is 29.5 Å². The molecule has 10 nitrogen and oxygen atoms in total. The largest absolute Gasteiger partial charge is 0.480 e. The number of primary amides is 1. The van der Waals surface area contributed by atoms with Crippen molar-refractivity contribution in [2.24, 2.45) is 17.6 Å². The van der Waals surface area contributed by atoms with Crippen molar-refractivity contribution in [3.63, 3.8) is 0 Å². The van der Waals surface area contributed by atoms with Crippen LogP contribution in [-0.4, -0.2) is 57.8 Å². The third kappa shape index (κ3) is 9.38. The van der Waals surface area contributed by atoms with Crippen molar-refractivity contribution in [1.82, 2.24) is 15.7 Å². The van der Waals surface area contributed by atoms with Crippen molar-refractivity contribution >= 4 is 23.8 Å². The third-order valence-corrected chi connectivity index (χ3v) is 5.58. The van der Waals surface area contributed by atoms with Gasteiger partial charge in [-0.05, 0) is 29.9 Å². The second-order valence-electron chi connectivity index (χ2n) is 9.09. The van der Waals surface area contributed by atoms with Crippen molar-refractivity contribution in [1.29, 1.82) is 0 Å². The molecule has 0 aliphatic carbocycles. The molecule has 2 aromatic carbocycles. The number of hydrogen-bond donors (Lipinski definition) is 5. The summed E-state index contributed by atoms with van der Waals surface area (Å²) in [5, 5.41) is 25.0. The Hall–Kier alpha value is -3.92. The average molecular weight is 499 g/mol. The number of rotatable bonds is 13. The smallest absolute Gasteiger partial charge is 0.338 e. The van der Waals surface area contributed by atoms with Gasteiger partial charge in [0.05, 0.1) is 12.5 Å². The molecule has 0 bridgehead atoms. The van der Waals surface area contributed by atoms with Crippen LogP contribution in [0.3, 0.4) is 0 Å². The summed E-state index contributed by atoms with van der Waals surface area (Å²) in [6.45, 7) is 3.36. The number of nitrogens with two attached hydrogens (primary N) is 1. The number of carbonyl (C=O) groups excluding carboxylic acids is 3. The minimum atomic E-state index is -1.19. The number of carboxylic acid groups (broad SMARTS) is 1. The Morgan fingerprint density at radius 3 is 1.81 bits per heavy atom. The highest BCUT2D eigenvalue weighted by molar-refractivity contribution is 5.91. The third-order valence-electron chi connectivity index (χ3n) is 5.58. The van der Waals surface area contributed by atoms with Gasteiger partial charge in [-0.2, -0.15) is 0 Å². The fourth-order valence-corrected chi connectivity index (χ4v) is 3.75. The number of nitrogens with one attached hydrogen (secondary N) is 2. The Balaban J connectivity index is 2.19. The quantitative estimate of drug-likeness (QED) is 0.209. The van der Waals surface area contributed by atoms with Crippen molar-refractivity contribution < 1.29 is 29.5 Å². The summed E-state index contributed by atoms with van der Waals surface area (Å²) >= 11 is 0. The van der Waals surface area contributed by atoms with Crippen LogP contribution in [0.5, 0.6) is 0 Å². The number of benzene rings is 2. The summed E-state index contributed by atoms with van der Waals surface area (Å²) in [5.41, 5.74) is 6.65. The summed E-state index contributed by atoms with van der Waals surface area (Å²) in [6.07, 6.45) is 0.518. The van der Waals surface area contributed by atoms with E-state index in [0.717, 1.165) is 11.1 Å². The molecule has 0 aromatic heterocycles. The van der Waals surface area contributed by atoms with Crippen LogP contribution in [0.25, 0.3) is 0 Å². The van der Waals surface area contributed by atoms with Gasteiger partial charge in [-0.15, -0.1) is 0 Å². The number of nitrogens with zero attached hydrogens (tertiary/aromatic N) is 1. The number of aliphatic carboxylic acids is 1. The van der Waals surface area contributed by atoms with E-state index < -0.39 is 41.8 Å². The lowest BCUT2D eigenvalue weighted by molar-refractivity contribution is -0.142. The maximum Gasteiger partial charge on any atom is 0.338 e. The van der Waals surface area contributed by atoms with Crippen LogP contribution in [0.15, 0.2) is 60.7 Å². The fourth-order valence-electron chi connectivity index (χ4n) is 3.75. The predicted molar refractivity (Wildman–Crippen MR) is 133 cm³/mol. The van der Waals surface area contributed by atoms with Gasteiger partial charge in [-0.25, -0.2) is 14.7 Å². The molecule has 0 aliphatic rings. The second kappa shape index (κ2) is 13.8. The van der Waals surface area contributed by atoms with E-state index in [1.807, 2.05) is 26.0 Å². The molecule has 0 unspecified atom stereocenters. The van der Waals surface area contributed by atoms with Crippen molar-refractivity contribution in [3.05, 3.63) is 71.8 Å². The first-order valence-electron chi connectivity index (χ1n) is 11.7. The molecule has 0 spiro atoms. The molecule has 2 rings (SSSR count). The zero-order valence-corrected chi connectivity index (χ0v) is 20.5. The summed E-state index contributed by atoms with van der Waals surface area (Å²) in [5.74, 6) is -3.30.